The van der Waals surface area contributed by atoms with Crippen LogP contribution in [-0.2, 0) is 4.79 Å². The first kappa shape index (κ1) is 17.9. The van der Waals surface area contributed by atoms with Crippen molar-refractivity contribution >= 4 is 28.8 Å². The van der Waals surface area contributed by atoms with Crippen molar-refractivity contribution in [2.75, 3.05) is 25.0 Å². The van der Waals surface area contributed by atoms with Gasteiger partial charge in [0.1, 0.15) is 11.3 Å². The maximum absolute atomic E-state index is 12.1. The van der Waals surface area contributed by atoms with Gasteiger partial charge in [0.05, 0.1) is 11.8 Å². The fraction of sp³-hybridized carbons (Fsp3) is 0.444. The predicted molar refractivity (Wildman–Crippen MR) is 99.9 cm³/mol. The predicted octanol–water partition coefficient (Wildman–Crippen LogP) is 1.69. The molecule has 0 unspecified atom stereocenters. The van der Waals surface area contributed by atoms with Crippen LogP contribution < -0.4 is 10.6 Å². The van der Waals surface area contributed by atoms with Crippen molar-refractivity contribution in [2.45, 2.75) is 32.2 Å². The quantitative estimate of drug-likeness (QED) is 0.708. The summed E-state index contributed by atoms with van der Waals surface area (Å²) in [4.78, 5) is 37.6. The monoisotopic (exact) mass is 356 g/mol. The zero-order chi connectivity index (χ0) is 18.7. The number of aromatic amines is 1. The van der Waals surface area contributed by atoms with Crippen molar-refractivity contribution in [3.05, 3.63) is 30.6 Å². The summed E-state index contributed by atoms with van der Waals surface area (Å²) in [6.45, 7) is 9.40. The highest BCUT2D eigenvalue weighted by molar-refractivity contribution is 6.04. The van der Waals surface area contributed by atoms with Crippen LogP contribution >= 0.6 is 0 Å². The number of hydrogen-bond acceptors (Lipinski definition) is 5. The molecule has 1 saturated heterocycles. The summed E-state index contributed by atoms with van der Waals surface area (Å²) in [5.41, 5.74) is 1.41. The van der Waals surface area contributed by atoms with Crippen molar-refractivity contribution in [3.8, 4) is 0 Å². The largest absolute Gasteiger partial charge is 0.363 e. The molecule has 0 radical (unpaired) electrons. The molecule has 3 rings (SSSR count). The van der Waals surface area contributed by atoms with Gasteiger partial charge in [0.2, 0.25) is 5.91 Å². The van der Waals surface area contributed by atoms with Gasteiger partial charge in [0.25, 0.3) is 5.91 Å². The van der Waals surface area contributed by atoms with Crippen LogP contribution in [-0.4, -0.2) is 56.8 Å². The molecular weight excluding hydrogens is 332 g/mol. The fourth-order valence-corrected chi connectivity index (χ4v) is 3.16. The Balaban J connectivity index is 1.76. The minimum absolute atomic E-state index is 0.0350. The van der Waals surface area contributed by atoms with Crippen LogP contribution in [0.2, 0.25) is 0 Å². The number of piperidine rings is 1. The van der Waals surface area contributed by atoms with Gasteiger partial charge in [-0.25, -0.2) is 9.97 Å². The molecule has 0 aromatic carbocycles. The summed E-state index contributed by atoms with van der Waals surface area (Å²) in [7, 11) is 0. The van der Waals surface area contributed by atoms with Gasteiger partial charge in [-0.05, 0) is 32.8 Å². The third-order valence-electron chi connectivity index (χ3n) is 4.75. The van der Waals surface area contributed by atoms with Crippen molar-refractivity contribution in [3.63, 3.8) is 0 Å². The smallest absolute Gasteiger partial charge is 0.255 e. The van der Waals surface area contributed by atoms with Crippen molar-refractivity contribution < 1.29 is 9.59 Å². The van der Waals surface area contributed by atoms with E-state index in [4.69, 9.17) is 0 Å². The van der Waals surface area contributed by atoms with Gasteiger partial charge in [0.15, 0.2) is 5.65 Å². The van der Waals surface area contributed by atoms with E-state index < -0.39 is 0 Å². The molecule has 3 heterocycles. The van der Waals surface area contributed by atoms with Gasteiger partial charge in [-0.2, -0.15) is 0 Å². The van der Waals surface area contributed by atoms with Crippen LogP contribution in [0.4, 0.5) is 5.82 Å². The lowest BCUT2D eigenvalue weighted by Crippen LogP contribution is -2.48. The van der Waals surface area contributed by atoms with E-state index in [1.807, 2.05) is 6.92 Å². The zero-order valence-corrected chi connectivity index (χ0v) is 15.1. The number of fused-ring (bicyclic) bond motifs is 1. The average Bonchev–Trinajstić information content (AvgIpc) is 3.05. The minimum Gasteiger partial charge on any atom is -0.363 e. The van der Waals surface area contributed by atoms with E-state index in [1.54, 1.807) is 17.3 Å². The Labute approximate surface area is 152 Å². The third-order valence-corrected chi connectivity index (χ3v) is 4.75. The maximum atomic E-state index is 12.1. The second kappa shape index (κ2) is 7.15. The SMILES string of the molecule is C=CC(=O)N1CCC(C)(Nc2cnc3[nH]cc(C(=O)NCC)c3n2)CC1. The maximum Gasteiger partial charge on any atom is 0.255 e. The number of nitrogens with zero attached hydrogens (tertiary/aromatic N) is 3. The molecular formula is C18H24N6O2. The Kier molecular flexibility index (Phi) is 4.92. The molecule has 0 saturated carbocycles. The number of likely N-dealkylation sites (tertiary alicyclic amines) is 1. The van der Waals surface area contributed by atoms with Gasteiger partial charge >= 0.3 is 0 Å². The summed E-state index contributed by atoms with van der Waals surface area (Å²) < 4.78 is 0. The molecule has 1 aliphatic heterocycles. The van der Waals surface area contributed by atoms with Gasteiger partial charge in [-0.15, -0.1) is 0 Å². The van der Waals surface area contributed by atoms with E-state index in [-0.39, 0.29) is 17.4 Å². The highest BCUT2D eigenvalue weighted by Crippen LogP contribution is 2.27. The molecule has 2 amide bonds. The van der Waals surface area contributed by atoms with Gasteiger partial charge in [-0.1, -0.05) is 6.58 Å². The first-order valence-corrected chi connectivity index (χ1v) is 8.77. The summed E-state index contributed by atoms with van der Waals surface area (Å²) >= 11 is 0. The lowest BCUT2D eigenvalue weighted by molar-refractivity contribution is -0.127. The molecule has 0 atom stereocenters. The van der Waals surface area contributed by atoms with Gasteiger partial charge < -0.3 is 20.5 Å². The first-order valence-electron chi connectivity index (χ1n) is 8.77. The fourth-order valence-electron chi connectivity index (χ4n) is 3.16. The van der Waals surface area contributed by atoms with Crippen molar-refractivity contribution in [1.82, 2.24) is 25.2 Å². The number of carbonyl (C=O) groups excluding carboxylic acids is 2. The Morgan fingerprint density at radius 3 is 2.81 bits per heavy atom. The molecule has 138 valence electrons. The second-order valence-corrected chi connectivity index (χ2v) is 6.73. The molecule has 2 aromatic rings. The highest BCUT2D eigenvalue weighted by Gasteiger charge is 2.31. The molecule has 0 aliphatic carbocycles. The molecule has 8 heteroatoms. The van der Waals surface area contributed by atoms with E-state index in [1.165, 1.54) is 6.08 Å². The van der Waals surface area contributed by atoms with Crippen LogP contribution in [0.15, 0.2) is 25.0 Å². The zero-order valence-electron chi connectivity index (χ0n) is 15.1. The van der Waals surface area contributed by atoms with E-state index in [0.29, 0.717) is 42.2 Å². The van der Waals surface area contributed by atoms with E-state index >= 15 is 0 Å². The summed E-state index contributed by atoms with van der Waals surface area (Å²) in [5, 5.41) is 6.21. The first-order chi connectivity index (χ1) is 12.5. The van der Waals surface area contributed by atoms with E-state index in [9.17, 15) is 9.59 Å². The minimum atomic E-state index is -0.192. The van der Waals surface area contributed by atoms with Crippen LogP contribution in [0.5, 0.6) is 0 Å². The van der Waals surface area contributed by atoms with Gasteiger partial charge in [0, 0.05) is 31.4 Å². The number of hydrogen-bond donors (Lipinski definition) is 3. The van der Waals surface area contributed by atoms with Gasteiger partial charge in [-0.3, -0.25) is 9.59 Å². The normalized spacial score (nSPS) is 16.3. The van der Waals surface area contributed by atoms with Crippen LogP contribution in [0.1, 0.15) is 37.0 Å². The number of anilines is 1. The number of H-pyrrole nitrogens is 1. The Morgan fingerprint density at radius 1 is 1.42 bits per heavy atom. The lowest BCUT2D eigenvalue weighted by Gasteiger charge is -2.39. The standard InChI is InChI=1S/C18H24N6O2/c1-4-14(25)24-8-6-18(3,7-9-24)23-13-11-21-16-15(22-13)12(10-20-16)17(26)19-5-2/h4,10-11H,1,5-9H2,2-3H3,(H,19,26)(H,20,21)(H,22,23). The molecule has 0 spiro atoms. The number of amides is 2. The Hall–Kier alpha value is -2.90. The molecule has 8 nitrogen and oxygen atoms in total. The van der Waals surface area contributed by atoms with Crippen LogP contribution in [0.3, 0.4) is 0 Å². The number of aromatic nitrogens is 3. The van der Waals surface area contributed by atoms with Crippen LogP contribution in [0.25, 0.3) is 11.2 Å². The molecule has 2 aromatic heterocycles. The Morgan fingerprint density at radius 2 is 2.15 bits per heavy atom. The second-order valence-electron chi connectivity index (χ2n) is 6.73. The molecule has 1 fully saturated rings. The van der Waals surface area contributed by atoms with E-state index in [0.717, 1.165) is 12.8 Å². The highest BCUT2D eigenvalue weighted by atomic mass is 16.2. The number of carbonyl (C=O) groups is 2. The summed E-state index contributed by atoms with van der Waals surface area (Å²) in [6.07, 6.45) is 6.23. The average molecular weight is 356 g/mol. The lowest BCUT2D eigenvalue weighted by atomic mass is 9.89. The Bertz CT molecular complexity index is 835. The summed E-state index contributed by atoms with van der Waals surface area (Å²) in [6, 6.07) is 0. The van der Waals surface area contributed by atoms with Crippen molar-refractivity contribution in [1.29, 1.82) is 0 Å². The third kappa shape index (κ3) is 3.54. The molecule has 1 aliphatic rings. The van der Waals surface area contributed by atoms with E-state index in [2.05, 4.69) is 39.1 Å². The molecule has 0 bridgehead atoms. The number of nitrogens with one attached hydrogen (secondary N) is 3. The molecule has 3 N–H and O–H groups in total. The molecule has 26 heavy (non-hydrogen) atoms. The van der Waals surface area contributed by atoms with Crippen LogP contribution in [0, 0.1) is 0 Å². The topological polar surface area (TPSA) is 103 Å². The number of rotatable bonds is 5. The summed E-state index contributed by atoms with van der Waals surface area (Å²) in [5.74, 6) is 0.411. The van der Waals surface area contributed by atoms with Crippen molar-refractivity contribution in [2.24, 2.45) is 0 Å².